The molecule has 0 saturated heterocycles. The van der Waals surface area contributed by atoms with Crippen molar-refractivity contribution in [2.45, 2.75) is 34.6 Å². The van der Waals surface area contributed by atoms with Crippen molar-refractivity contribution in [1.29, 1.82) is 0 Å². The quantitative estimate of drug-likeness (QED) is 0.570. The summed E-state index contributed by atoms with van der Waals surface area (Å²) in [5.41, 5.74) is 1.22. The van der Waals surface area contributed by atoms with E-state index in [4.69, 9.17) is 0 Å². The fourth-order valence-electron chi connectivity index (χ4n) is 0.420. The van der Waals surface area contributed by atoms with Gasteiger partial charge in [0.2, 0.25) is 0 Å². The molecule has 0 atom stereocenters. The highest BCUT2D eigenvalue weighted by Gasteiger charge is 1.72. The van der Waals surface area contributed by atoms with Crippen LogP contribution in [0.1, 0.15) is 33.4 Å². The average molecular weight is 141 g/mol. The van der Waals surface area contributed by atoms with Crippen molar-refractivity contribution in [2.24, 2.45) is 0 Å². The van der Waals surface area contributed by atoms with Crippen molar-refractivity contribution in [1.82, 2.24) is 4.98 Å². The van der Waals surface area contributed by atoms with Gasteiger partial charge < -0.3 is 4.98 Å². The lowest BCUT2D eigenvalue weighted by Crippen LogP contribution is -1.59. The number of nitrogens with one attached hydrogen (secondary N) is 1. The van der Waals surface area contributed by atoms with Gasteiger partial charge in [0, 0.05) is 11.9 Å². The fraction of sp³-hybridized carbons (Fsp3) is 0.556. The van der Waals surface area contributed by atoms with E-state index in [9.17, 15) is 0 Å². The minimum Gasteiger partial charge on any atom is -0.365 e. The van der Waals surface area contributed by atoms with Crippen LogP contribution in [0.2, 0.25) is 0 Å². The van der Waals surface area contributed by atoms with Crippen LogP contribution in [0.5, 0.6) is 0 Å². The normalized spacial score (nSPS) is 6.50. The molecule has 0 radical (unpaired) electrons. The molecule has 60 valence electrons. The zero-order valence-corrected chi connectivity index (χ0v) is 7.73. The number of H-pyrrole nitrogens is 1. The van der Waals surface area contributed by atoms with E-state index < -0.39 is 0 Å². The van der Waals surface area contributed by atoms with Crippen molar-refractivity contribution in [2.75, 3.05) is 0 Å². The Kier molecular flexibility index (Phi) is 13.4. The Balaban J connectivity index is 0. The first-order valence-corrected chi connectivity index (χ1v) is 3.99. The smallest absolute Gasteiger partial charge is 0.0115 e. The van der Waals surface area contributed by atoms with Crippen LogP contribution in [-0.2, 0) is 0 Å². The topological polar surface area (TPSA) is 15.8 Å². The van der Waals surface area contributed by atoms with E-state index in [-0.39, 0.29) is 0 Å². The average Bonchev–Trinajstić information content (AvgIpc) is 2.48. The maximum absolute atomic E-state index is 3.00. The number of aromatic amines is 1. The van der Waals surface area contributed by atoms with E-state index in [0.717, 1.165) is 0 Å². The summed E-state index contributed by atoms with van der Waals surface area (Å²) in [5, 5.41) is 0. The van der Waals surface area contributed by atoms with Crippen LogP contribution in [0.3, 0.4) is 0 Å². The summed E-state index contributed by atoms with van der Waals surface area (Å²) in [6, 6.07) is 4.01. The van der Waals surface area contributed by atoms with Crippen LogP contribution in [0.25, 0.3) is 0 Å². The molecule has 1 N–H and O–H groups in total. The molecule has 1 aromatic rings. The molecular weight excluding hydrogens is 122 g/mol. The van der Waals surface area contributed by atoms with Crippen LogP contribution in [0, 0.1) is 6.92 Å². The maximum Gasteiger partial charge on any atom is 0.0115 e. The summed E-state index contributed by atoms with van der Waals surface area (Å²) >= 11 is 0. The summed E-state index contributed by atoms with van der Waals surface area (Å²) in [4.78, 5) is 3.00. The molecule has 0 aromatic carbocycles. The van der Waals surface area contributed by atoms with Crippen LogP contribution in [0.4, 0.5) is 0 Å². The summed E-state index contributed by atoms with van der Waals surface area (Å²) in [7, 11) is 0. The van der Waals surface area contributed by atoms with Crippen molar-refractivity contribution < 1.29 is 0 Å². The van der Waals surface area contributed by atoms with Gasteiger partial charge in [0.25, 0.3) is 0 Å². The largest absolute Gasteiger partial charge is 0.365 e. The van der Waals surface area contributed by atoms with E-state index >= 15 is 0 Å². The van der Waals surface area contributed by atoms with Crippen molar-refractivity contribution in [3.63, 3.8) is 0 Å². The molecule has 1 rings (SSSR count). The summed E-state index contributed by atoms with van der Waals surface area (Å²) < 4.78 is 0. The highest BCUT2D eigenvalue weighted by Crippen LogP contribution is 1.86. The van der Waals surface area contributed by atoms with E-state index in [2.05, 4.69) is 4.98 Å². The summed E-state index contributed by atoms with van der Waals surface area (Å²) in [6.45, 7) is 10.0. The zero-order valence-electron chi connectivity index (χ0n) is 7.73. The van der Waals surface area contributed by atoms with Crippen LogP contribution in [-0.4, -0.2) is 4.98 Å². The monoisotopic (exact) mass is 141 g/mol. The van der Waals surface area contributed by atoms with Crippen molar-refractivity contribution >= 4 is 0 Å². The van der Waals surface area contributed by atoms with E-state index in [1.54, 1.807) is 0 Å². The molecule has 1 aromatic heterocycles. The summed E-state index contributed by atoms with van der Waals surface area (Å²) in [6.07, 6.45) is 1.91. The molecule has 0 saturated carbocycles. The Morgan fingerprint density at radius 1 is 1.10 bits per heavy atom. The molecule has 10 heavy (non-hydrogen) atoms. The molecule has 0 fully saturated rings. The van der Waals surface area contributed by atoms with Gasteiger partial charge in [-0.3, -0.25) is 0 Å². The Hall–Kier alpha value is -0.720. The first kappa shape index (κ1) is 12.0. The third-order valence-electron chi connectivity index (χ3n) is 0.753. The molecule has 1 heteroatoms. The Labute approximate surface area is 64.5 Å². The van der Waals surface area contributed by atoms with E-state index in [1.165, 1.54) is 5.69 Å². The second-order valence-electron chi connectivity index (χ2n) is 1.35. The van der Waals surface area contributed by atoms with E-state index in [0.29, 0.717) is 0 Å². The Bertz CT molecular complexity index is 108. The fourth-order valence-corrected chi connectivity index (χ4v) is 0.420. The van der Waals surface area contributed by atoms with Gasteiger partial charge >= 0.3 is 0 Å². The molecule has 1 heterocycles. The van der Waals surface area contributed by atoms with Gasteiger partial charge in [-0.2, -0.15) is 0 Å². The van der Waals surface area contributed by atoms with Gasteiger partial charge in [0.05, 0.1) is 0 Å². The number of aromatic nitrogens is 1. The minimum absolute atomic E-state index is 1.22. The van der Waals surface area contributed by atoms with Gasteiger partial charge in [0.15, 0.2) is 0 Å². The standard InChI is InChI=1S/C5H7N.2C2H6/c1-5-3-2-4-6-5;2*1-2/h2-4,6H,1H3;2*1-2H3. The molecule has 0 bridgehead atoms. The summed E-state index contributed by atoms with van der Waals surface area (Å²) in [5.74, 6) is 0. The second-order valence-corrected chi connectivity index (χ2v) is 1.35. The molecule has 0 spiro atoms. The highest BCUT2D eigenvalue weighted by molar-refractivity contribution is 4.99. The lowest BCUT2D eigenvalue weighted by Gasteiger charge is -1.70. The number of hydrogen-bond donors (Lipinski definition) is 1. The lowest BCUT2D eigenvalue weighted by molar-refractivity contribution is 1.27. The van der Waals surface area contributed by atoms with Crippen LogP contribution < -0.4 is 0 Å². The third-order valence-corrected chi connectivity index (χ3v) is 0.753. The Morgan fingerprint density at radius 2 is 1.60 bits per heavy atom. The van der Waals surface area contributed by atoms with Crippen LogP contribution in [0.15, 0.2) is 18.3 Å². The molecule has 0 aliphatic carbocycles. The Morgan fingerprint density at radius 3 is 1.70 bits per heavy atom. The first-order valence-electron chi connectivity index (χ1n) is 3.99. The highest BCUT2D eigenvalue weighted by atomic mass is 14.7. The molecule has 0 aliphatic rings. The van der Waals surface area contributed by atoms with Gasteiger partial charge in [-0.05, 0) is 19.1 Å². The third kappa shape index (κ3) is 7.28. The minimum atomic E-state index is 1.22. The van der Waals surface area contributed by atoms with Gasteiger partial charge in [-0.1, -0.05) is 27.7 Å². The maximum atomic E-state index is 3.00. The molecule has 0 amide bonds. The van der Waals surface area contributed by atoms with Crippen molar-refractivity contribution in [3.05, 3.63) is 24.0 Å². The molecule has 0 unspecified atom stereocenters. The first-order chi connectivity index (χ1) is 4.89. The molecular formula is C9H19N. The predicted molar refractivity (Wildman–Crippen MR) is 48.2 cm³/mol. The van der Waals surface area contributed by atoms with Gasteiger partial charge in [0.1, 0.15) is 0 Å². The second kappa shape index (κ2) is 11.1. The van der Waals surface area contributed by atoms with E-state index in [1.807, 2.05) is 52.9 Å². The number of aryl methyl sites for hydroxylation is 1. The van der Waals surface area contributed by atoms with Crippen molar-refractivity contribution in [3.8, 4) is 0 Å². The predicted octanol–water partition coefficient (Wildman–Crippen LogP) is 3.38. The number of rotatable bonds is 0. The molecule has 0 aliphatic heterocycles. The SMILES string of the molecule is CC.CC.Cc1ccc[nH]1. The molecule has 1 nitrogen and oxygen atoms in total. The van der Waals surface area contributed by atoms with Gasteiger partial charge in [-0.25, -0.2) is 0 Å². The van der Waals surface area contributed by atoms with Crippen LogP contribution >= 0.6 is 0 Å². The van der Waals surface area contributed by atoms with Gasteiger partial charge in [-0.15, -0.1) is 0 Å². The zero-order chi connectivity index (χ0) is 8.41. The number of hydrogen-bond acceptors (Lipinski definition) is 0. The lowest BCUT2D eigenvalue weighted by atomic mass is 10.5.